The summed E-state index contributed by atoms with van der Waals surface area (Å²) >= 11 is 3.32. The molecule has 0 fully saturated rings. The number of rotatable bonds is 3. The largest absolute Gasteiger partial charge is 0.480 e. The lowest BCUT2D eigenvalue weighted by Gasteiger charge is -2.11. The molecule has 1 aromatic heterocycles. The molecule has 1 rings (SSSR count). The number of halogens is 1. The normalized spacial score (nSPS) is 12.4. The van der Waals surface area contributed by atoms with Gasteiger partial charge in [0.15, 0.2) is 0 Å². The molecule has 1 atom stereocenters. The Kier molecular flexibility index (Phi) is 3.65. The number of hydrogen-bond donors (Lipinski definition) is 1. The van der Waals surface area contributed by atoms with Gasteiger partial charge < -0.3 is 15.2 Å². The molecule has 1 heterocycles. The van der Waals surface area contributed by atoms with E-state index in [4.69, 9.17) is 15.2 Å². The molecular weight excluding hydrogens is 250 g/mol. The maximum atomic E-state index is 5.73. The Labute approximate surface area is 90.8 Å². The van der Waals surface area contributed by atoms with Crippen LogP contribution in [0.5, 0.6) is 11.9 Å². The number of methoxy groups -OCH3 is 2. The van der Waals surface area contributed by atoms with Gasteiger partial charge >= 0.3 is 6.01 Å². The summed E-state index contributed by atoms with van der Waals surface area (Å²) in [6.07, 6.45) is 0. The Morgan fingerprint density at radius 1 is 1.29 bits per heavy atom. The maximum absolute atomic E-state index is 5.73. The van der Waals surface area contributed by atoms with Crippen LogP contribution in [0.25, 0.3) is 0 Å². The summed E-state index contributed by atoms with van der Waals surface area (Å²) in [6.45, 7) is 1.83. The first-order valence-electron chi connectivity index (χ1n) is 4.01. The molecule has 0 saturated heterocycles. The van der Waals surface area contributed by atoms with Gasteiger partial charge in [-0.2, -0.15) is 9.97 Å². The van der Waals surface area contributed by atoms with E-state index in [-0.39, 0.29) is 12.1 Å². The van der Waals surface area contributed by atoms with E-state index in [1.165, 1.54) is 14.2 Å². The van der Waals surface area contributed by atoms with Crippen molar-refractivity contribution in [2.75, 3.05) is 14.2 Å². The summed E-state index contributed by atoms with van der Waals surface area (Å²) in [5.74, 6) is 0.421. The van der Waals surface area contributed by atoms with Gasteiger partial charge in [0.2, 0.25) is 5.88 Å². The second-order valence-electron chi connectivity index (χ2n) is 2.71. The van der Waals surface area contributed by atoms with Gasteiger partial charge in [-0.15, -0.1) is 0 Å². The van der Waals surface area contributed by atoms with Gasteiger partial charge in [0.1, 0.15) is 4.47 Å². The van der Waals surface area contributed by atoms with Crippen LogP contribution in [0.1, 0.15) is 18.7 Å². The average Bonchev–Trinajstić information content (AvgIpc) is 2.17. The molecule has 0 bridgehead atoms. The number of aromatic nitrogens is 2. The summed E-state index contributed by atoms with van der Waals surface area (Å²) in [7, 11) is 3.02. The molecule has 14 heavy (non-hydrogen) atoms. The molecular formula is C8H12BrN3O2. The highest BCUT2D eigenvalue weighted by Gasteiger charge is 2.15. The summed E-state index contributed by atoms with van der Waals surface area (Å²) in [5.41, 5.74) is 6.39. The topological polar surface area (TPSA) is 70.3 Å². The zero-order valence-electron chi connectivity index (χ0n) is 8.24. The highest BCUT2D eigenvalue weighted by Crippen LogP contribution is 2.30. The fourth-order valence-electron chi connectivity index (χ4n) is 0.951. The summed E-state index contributed by atoms with van der Waals surface area (Å²) in [6, 6.07) is 0.0347. The van der Waals surface area contributed by atoms with E-state index in [0.717, 1.165) is 0 Å². The molecule has 0 aliphatic rings. The van der Waals surface area contributed by atoms with Gasteiger partial charge in [0, 0.05) is 6.04 Å². The fraction of sp³-hybridized carbons (Fsp3) is 0.500. The minimum atomic E-state index is -0.213. The first-order chi connectivity index (χ1) is 6.60. The van der Waals surface area contributed by atoms with Gasteiger partial charge in [-0.1, -0.05) is 0 Å². The average molecular weight is 262 g/mol. The standard InChI is InChI=1S/C8H12BrN3O2/c1-4(10)6-5(9)7(13-2)12-8(11-6)14-3/h4H,10H2,1-3H3/t4-/m0/s1. The van der Waals surface area contributed by atoms with Gasteiger partial charge in [-0.05, 0) is 22.9 Å². The molecule has 0 spiro atoms. The highest BCUT2D eigenvalue weighted by atomic mass is 79.9. The number of hydrogen-bond acceptors (Lipinski definition) is 5. The van der Waals surface area contributed by atoms with Gasteiger partial charge in [-0.3, -0.25) is 0 Å². The Balaban J connectivity index is 3.27. The van der Waals surface area contributed by atoms with Crippen LogP contribution in [0.4, 0.5) is 0 Å². The number of nitrogens with two attached hydrogens (primary N) is 1. The summed E-state index contributed by atoms with van der Waals surface area (Å²) in [4.78, 5) is 8.11. The second-order valence-corrected chi connectivity index (χ2v) is 3.50. The molecule has 0 unspecified atom stereocenters. The van der Waals surface area contributed by atoms with Crippen LogP contribution in [-0.2, 0) is 0 Å². The molecule has 6 heteroatoms. The Morgan fingerprint density at radius 2 is 1.93 bits per heavy atom. The van der Waals surface area contributed by atoms with Crippen molar-refractivity contribution >= 4 is 15.9 Å². The molecule has 2 N–H and O–H groups in total. The Bertz CT molecular complexity index is 331. The van der Waals surface area contributed by atoms with Crippen LogP contribution in [0.15, 0.2) is 4.47 Å². The predicted molar refractivity (Wildman–Crippen MR) is 55.4 cm³/mol. The van der Waals surface area contributed by atoms with Gasteiger partial charge in [-0.25, -0.2) is 0 Å². The van der Waals surface area contributed by atoms with E-state index in [1.54, 1.807) is 0 Å². The predicted octanol–water partition coefficient (Wildman–Crippen LogP) is 1.28. The maximum Gasteiger partial charge on any atom is 0.319 e. The first kappa shape index (κ1) is 11.2. The van der Waals surface area contributed by atoms with Crippen molar-refractivity contribution in [1.29, 1.82) is 0 Å². The highest BCUT2D eigenvalue weighted by molar-refractivity contribution is 9.10. The van der Waals surface area contributed by atoms with Crippen molar-refractivity contribution in [3.8, 4) is 11.9 Å². The molecule has 0 aliphatic heterocycles. The van der Waals surface area contributed by atoms with Crippen molar-refractivity contribution in [3.63, 3.8) is 0 Å². The van der Waals surface area contributed by atoms with Crippen LogP contribution in [0.2, 0.25) is 0 Å². The zero-order chi connectivity index (χ0) is 10.7. The lowest BCUT2D eigenvalue weighted by atomic mass is 10.2. The van der Waals surface area contributed by atoms with Crippen molar-refractivity contribution < 1.29 is 9.47 Å². The van der Waals surface area contributed by atoms with Crippen LogP contribution >= 0.6 is 15.9 Å². The first-order valence-corrected chi connectivity index (χ1v) is 4.80. The van der Waals surface area contributed by atoms with Crippen molar-refractivity contribution in [3.05, 3.63) is 10.2 Å². The van der Waals surface area contributed by atoms with Crippen molar-refractivity contribution in [1.82, 2.24) is 9.97 Å². The van der Waals surface area contributed by atoms with E-state index in [0.29, 0.717) is 16.0 Å². The fourth-order valence-corrected chi connectivity index (χ4v) is 1.65. The molecule has 0 amide bonds. The van der Waals surface area contributed by atoms with Gasteiger partial charge in [0.25, 0.3) is 0 Å². The number of ether oxygens (including phenoxy) is 2. The lowest BCUT2D eigenvalue weighted by molar-refractivity contribution is 0.347. The van der Waals surface area contributed by atoms with Crippen molar-refractivity contribution in [2.24, 2.45) is 5.73 Å². The van der Waals surface area contributed by atoms with E-state index >= 15 is 0 Å². The van der Waals surface area contributed by atoms with Crippen LogP contribution in [0, 0.1) is 0 Å². The third kappa shape index (κ3) is 2.13. The smallest absolute Gasteiger partial charge is 0.319 e. The summed E-state index contributed by atoms with van der Waals surface area (Å²) < 4.78 is 10.6. The summed E-state index contributed by atoms with van der Waals surface area (Å²) in [5, 5.41) is 0. The third-order valence-electron chi connectivity index (χ3n) is 1.63. The van der Waals surface area contributed by atoms with Crippen molar-refractivity contribution in [2.45, 2.75) is 13.0 Å². The molecule has 78 valence electrons. The molecule has 0 aromatic carbocycles. The molecule has 5 nitrogen and oxygen atoms in total. The monoisotopic (exact) mass is 261 g/mol. The quantitative estimate of drug-likeness (QED) is 0.888. The minimum absolute atomic E-state index is 0.213. The molecule has 0 aliphatic carbocycles. The Hall–Kier alpha value is -0.880. The SMILES string of the molecule is COc1nc(OC)c(Br)c([C@H](C)N)n1. The van der Waals surface area contributed by atoms with Crippen LogP contribution in [-0.4, -0.2) is 24.2 Å². The zero-order valence-corrected chi connectivity index (χ0v) is 9.83. The molecule has 0 radical (unpaired) electrons. The lowest BCUT2D eigenvalue weighted by Crippen LogP contribution is -2.11. The van der Waals surface area contributed by atoms with Crippen LogP contribution < -0.4 is 15.2 Å². The van der Waals surface area contributed by atoms with E-state index in [1.807, 2.05) is 6.92 Å². The van der Waals surface area contributed by atoms with Gasteiger partial charge in [0.05, 0.1) is 19.9 Å². The third-order valence-corrected chi connectivity index (χ3v) is 2.38. The second kappa shape index (κ2) is 4.56. The molecule has 1 aromatic rings. The van der Waals surface area contributed by atoms with E-state index < -0.39 is 0 Å². The van der Waals surface area contributed by atoms with E-state index in [2.05, 4.69) is 25.9 Å². The molecule has 0 saturated carbocycles. The number of nitrogens with zero attached hydrogens (tertiary/aromatic N) is 2. The minimum Gasteiger partial charge on any atom is -0.480 e. The van der Waals surface area contributed by atoms with Crippen LogP contribution in [0.3, 0.4) is 0 Å². The Morgan fingerprint density at radius 3 is 2.36 bits per heavy atom. The van der Waals surface area contributed by atoms with E-state index in [9.17, 15) is 0 Å².